The predicted octanol–water partition coefficient (Wildman–Crippen LogP) is 9.50. The first-order chi connectivity index (χ1) is 25.6. The maximum Gasteiger partial charge on any atom is 0.410 e. The van der Waals surface area contributed by atoms with Gasteiger partial charge < -0.3 is 19.1 Å². The largest absolute Gasteiger partial charge is 0.473 e. The zero-order chi connectivity index (χ0) is 35.3. The van der Waals surface area contributed by atoms with E-state index in [1.54, 1.807) is 15.9 Å². The van der Waals surface area contributed by atoms with Gasteiger partial charge in [0.2, 0.25) is 11.8 Å². The van der Waals surface area contributed by atoms with Gasteiger partial charge in [-0.3, -0.25) is 9.69 Å². The van der Waals surface area contributed by atoms with Crippen LogP contribution in [0.1, 0.15) is 45.5 Å². The Morgan fingerprint density at radius 3 is 2.00 bits per heavy atom. The zero-order valence-corrected chi connectivity index (χ0v) is 28.6. The summed E-state index contributed by atoms with van der Waals surface area (Å²) in [4.78, 5) is 35.5. The molecule has 2 aliphatic heterocycles. The normalized spacial score (nSPS) is 13.8. The third kappa shape index (κ3) is 6.83. The van der Waals surface area contributed by atoms with Gasteiger partial charge in [-0.05, 0) is 64.3 Å². The molecule has 0 fully saturated rings. The summed E-state index contributed by atoms with van der Waals surface area (Å²) < 4.78 is 18.0. The maximum absolute atomic E-state index is 14.3. The summed E-state index contributed by atoms with van der Waals surface area (Å²) in [6.07, 6.45) is 3.27. The van der Waals surface area contributed by atoms with Crippen LogP contribution in [0, 0.1) is 0 Å². The summed E-state index contributed by atoms with van der Waals surface area (Å²) in [5, 5.41) is 1.87. The molecule has 0 aliphatic carbocycles. The standard InChI is InChI=1S/C44H37N3O5/c48-43-37-22-21-35(34-18-11-26-46(27-25-34)44(49)52-30-33-16-8-3-9-17-33)36-19-10-20-38(41(36)37)47(43)39-23-24-40(50-28-31-12-4-1-5-13-31)45-42(39)51-29-32-14-6-2-7-15-32/h1-10,12-24H,11,25-30H2. The number of nitrogens with zero attached hydrogens (tertiary/aromatic N) is 3. The minimum atomic E-state index is -0.310. The molecule has 0 bridgehead atoms. The molecule has 8 heteroatoms. The topological polar surface area (TPSA) is 81.2 Å². The number of hydrogen-bond acceptors (Lipinski definition) is 6. The molecule has 0 spiro atoms. The average Bonchev–Trinajstić information content (AvgIpc) is 3.32. The Kier molecular flexibility index (Phi) is 9.35. The Balaban J connectivity index is 1.06. The highest BCUT2D eigenvalue weighted by Crippen LogP contribution is 2.46. The number of carbonyl (C=O) groups excluding carboxylic acids is 2. The molecule has 0 N–H and O–H groups in total. The number of benzene rings is 5. The molecule has 0 unspecified atom stereocenters. The van der Waals surface area contributed by atoms with Gasteiger partial charge >= 0.3 is 6.09 Å². The molecule has 258 valence electrons. The molecule has 8 nitrogen and oxygen atoms in total. The summed E-state index contributed by atoms with van der Waals surface area (Å²) >= 11 is 0. The minimum Gasteiger partial charge on any atom is -0.473 e. The summed E-state index contributed by atoms with van der Waals surface area (Å²) in [7, 11) is 0. The lowest BCUT2D eigenvalue weighted by Crippen LogP contribution is -2.32. The van der Waals surface area contributed by atoms with Crippen LogP contribution in [0.15, 0.2) is 140 Å². The molecule has 3 heterocycles. The van der Waals surface area contributed by atoms with Gasteiger partial charge in [0.05, 0.1) is 11.3 Å². The second-order valence-corrected chi connectivity index (χ2v) is 12.8. The van der Waals surface area contributed by atoms with Crippen LogP contribution in [0.5, 0.6) is 11.8 Å². The molecule has 0 atom stereocenters. The van der Waals surface area contributed by atoms with Crippen LogP contribution in [-0.2, 0) is 24.6 Å². The monoisotopic (exact) mass is 687 g/mol. The van der Waals surface area contributed by atoms with Gasteiger partial charge in [0, 0.05) is 24.5 Å². The van der Waals surface area contributed by atoms with Gasteiger partial charge in [0.1, 0.15) is 25.5 Å². The first-order valence-electron chi connectivity index (χ1n) is 17.5. The Bertz CT molecular complexity index is 2260. The molecule has 52 heavy (non-hydrogen) atoms. The molecular weight excluding hydrogens is 651 g/mol. The number of ether oxygens (including phenoxy) is 3. The van der Waals surface area contributed by atoms with Crippen LogP contribution in [0.3, 0.4) is 0 Å². The molecule has 8 rings (SSSR count). The van der Waals surface area contributed by atoms with Crippen molar-refractivity contribution in [2.24, 2.45) is 0 Å². The second-order valence-electron chi connectivity index (χ2n) is 12.8. The van der Waals surface area contributed by atoms with Gasteiger partial charge in [-0.15, -0.1) is 0 Å². The number of amides is 2. The summed E-state index contributed by atoms with van der Waals surface area (Å²) in [5.74, 6) is 0.557. The minimum absolute atomic E-state index is 0.149. The highest BCUT2D eigenvalue weighted by atomic mass is 16.6. The molecule has 2 aliphatic rings. The highest BCUT2D eigenvalue weighted by Gasteiger charge is 2.34. The van der Waals surface area contributed by atoms with E-state index in [-0.39, 0.29) is 25.2 Å². The lowest BCUT2D eigenvalue weighted by atomic mass is 9.93. The van der Waals surface area contributed by atoms with Crippen molar-refractivity contribution in [3.05, 3.63) is 167 Å². The Morgan fingerprint density at radius 2 is 1.29 bits per heavy atom. The Hall–Kier alpha value is -6.41. The van der Waals surface area contributed by atoms with Crippen molar-refractivity contribution in [3.63, 3.8) is 0 Å². The van der Waals surface area contributed by atoms with Crippen LogP contribution in [-0.4, -0.2) is 35.0 Å². The van der Waals surface area contributed by atoms with Crippen molar-refractivity contribution in [1.82, 2.24) is 9.88 Å². The quantitative estimate of drug-likeness (QED) is 0.143. The van der Waals surface area contributed by atoms with Crippen molar-refractivity contribution in [2.45, 2.75) is 32.7 Å². The highest BCUT2D eigenvalue weighted by molar-refractivity contribution is 6.29. The van der Waals surface area contributed by atoms with Crippen LogP contribution in [0.25, 0.3) is 16.3 Å². The van der Waals surface area contributed by atoms with Gasteiger partial charge in [-0.25, -0.2) is 4.79 Å². The fourth-order valence-corrected chi connectivity index (χ4v) is 6.83. The first kappa shape index (κ1) is 32.8. The van der Waals surface area contributed by atoms with E-state index in [1.165, 1.54) is 0 Å². The summed E-state index contributed by atoms with van der Waals surface area (Å²) in [6, 6.07) is 43.1. The van der Waals surface area contributed by atoms with Crippen molar-refractivity contribution in [2.75, 3.05) is 18.0 Å². The van der Waals surface area contributed by atoms with Crippen LogP contribution >= 0.6 is 0 Å². The van der Waals surface area contributed by atoms with E-state index < -0.39 is 0 Å². The van der Waals surface area contributed by atoms with E-state index >= 15 is 0 Å². The molecular formula is C44H37N3O5. The zero-order valence-electron chi connectivity index (χ0n) is 28.6. The van der Waals surface area contributed by atoms with Crippen molar-refractivity contribution < 1.29 is 23.8 Å². The lowest BCUT2D eigenvalue weighted by Gasteiger charge is -2.21. The fraction of sp³-hybridized carbons (Fsp3) is 0.159. The molecule has 5 aromatic carbocycles. The number of hydrogen-bond donors (Lipinski definition) is 0. The predicted molar refractivity (Wildman–Crippen MR) is 202 cm³/mol. The average molecular weight is 688 g/mol. The molecule has 2 amide bonds. The maximum atomic E-state index is 14.3. The molecule has 6 aromatic rings. The number of anilines is 2. The molecule has 0 radical (unpaired) electrons. The lowest BCUT2D eigenvalue weighted by molar-refractivity contribution is 0.0978. The van der Waals surface area contributed by atoms with E-state index in [9.17, 15) is 9.59 Å². The van der Waals surface area contributed by atoms with Crippen molar-refractivity contribution in [1.29, 1.82) is 0 Å². The molecule has 0 saturated carbocycles. The van der Waals surface area contributed by atoms with Crippen molar-refractivity contribution in [3.8, 4) is 11.8 Å². The van der Waals surface area contributed by atoms with E-state index in [4.69, 9.17) is 19.2 Å². The summed E-state index contributed by atoms with van der Waals surface area (Å²) in [5.41, 5.74) is 7.08. The molecule has 1 aromatic heterocycles. The fourth-order valence-electron chi connectivity index (χ4n) is 6.83. The third-order valence-corrected chi connectivity index (χ3v) is 9.45. The molecule has 0 saturated heterocycles. The smallest absolute Gasteiger partial charge is 0.410 e. The van der Waals surface area contributed by atoms with Gasteiger partial charge in [-0.1, -0.05) is 115 Å². The van der Waals surface area contributed by atoms with E-state index in [1.807, 2.05) is 121 Å². The third-order valence-electron chi connectivity index (χ3n) is 9.45. The van der Waals surface area contributed by atoms with E-state index in [0.29, 0.717) is 55.5 Å². The SMILES string of the molecule is O=C(OCc1ccccc1)N1CCC=C(c2ccc3c4c(cccc24)N(c2ccc(OCc4ccccc4)nc2OCc2ccccc2)C3=O)CC1. The Morgan fingerprint density at radius 1 is 0.635 bits per heavy atom. The first-order valence-corrected chi connectivity index (χ1v) is 17.5. The van der Waals surface area contributed by atoms with Gasteiger partial charge in [0.15, 0.2) is 0 Å². The number of aromatic nitrogens is 1. The second kappa shape index (κ2) is 14.8. The van der Waals surface area contributed by atoms with Crippen LogP contribution in [0.4, 0.5) is 16.2 Å². The van der Waals surface area contributed by atoms with Gasteiger partial charge in [-0.2, -0.15) is 4.98 Å². The van der Waals surface area contributed by atoms with Crippen molar-refractivity contribution >= 4 is 39.7 Å². The van der Waals surface area contributed by atoms with Crippen LogP contribution in [0.2, 0.25) is 0 Å². The van der Waals surface area contributed by atoms with E-state index in [0.717, 1.165) is 44.3 Å². The van der Waals surface area contributed by atoms with Crippen LogP contribution < -0.4 is 14.4 Å². The van der Waals surface area contributed by atoms with Gasteiger partial charge in [0.25, 0.3) is 5.91 Å². The van der Waals surface area contributed by atoms with E-state index in [2.05, 4.69) is 12.1 Å². The summed E-state index contributed by atoms with van der Waals surface area (Å²) in [6.45, 7) is 1.99. The number of rotatable bonds is 10. The Labute approximate surface area is 302 Å². The number of carbonyl (C=O) groups is 2. The number of pyridine rings is 1.